The highest BCUT2D eigenvalue weighted by molar-refractivity contribution is 6.02. The van der Waals surface area contributed by atoms with Gasteiger partial charge in [-0.25, -0.2) is 4.79 Å². The number of imide groups is 1. The van der Waals surface area contributed by atoms with Crippen molar-refractivity contribution in [1.29, 1.82) is 0 Å². The van der Waals surface area contributed by atoms with E-state index in [0.717, 1.165) is 16.7 Å². The molecule has 1 fully saturated rings. The molecule has 8 nitrogen and oxygen atoms in total. The van der Waals surface area contributed by atoms with Crippen molar-refractivity contribution in [3.63, 3.8) is 0 Å². The van der Waals surface area contributed by atoms with Gasteiger partial charge in [0.25, 0.3) is 5.91 Å². The highest BCUT2D eigenvalue weighted by atomic mass is 16.2. The van der Waals surface area contributed by atoms with Gasteiger partial charge in [-0.1, -0.05) is 54.6 Å². The van der Waals surface area contributed by atoms with Gasteiger partial charge < -0.3 is 9.80 Å². The number of amides is 3. The van der Waals surface area contributed by atoms with Gasteiger partial charge in [-0.3, -0.25) is 14.3 Å². The zero-order valence-corrected chi connectivity index (χ0v) is 17.1. The molecule has 0 spiro atoms. The maximum absolute atomic E-state index is 13.2. The molecule has 2 aliphatic rings. The number of hydrogen-bond donors (Lipinski definition) is 0. The number of anilines is 1. The predicted octanol–water partition coefficient (Wildman–Crippen LogP) is 2.66. The van der Waals surface area contributed by atoms with E-state index in [1.165, 1.54) is 11.9 Å². The summed E-state index contributed by atoms with van der Waals surface area (Å²) in [6, 6.07) is 16.9. The average molecular weight is 402 g/mol. The molecule has 2 aromatic carbocycles. The molecule has 0 N–H and O–H groups in total. The molecule has 5 rings (SSSR count). The fourth-order valence-corrected chi connectivity index (χ4v) is 4.36. The van der Waals surface area contributed by atoms with Crippen LogP contribution in [0.3, 0.4) is 0 Å². The quantitative estimate of drug-likeness (QED) is 0.673. The molecule has 0 saturated carbocycles. The molecule has 0 radical (unpaired) electrons. The summed E-state index contributed by atoms with van der Waals surface area (Å²) >= 11 is 0. The Labute approximate surface area is 174 Å². The van der Waals surface area contributed by atoms with Crippen molar-refractivity contribution < 1.29 is 9.59 Å². The van der Waals surface area contributed by atoms with Crippen LogP contribution in [0.4, 0.5) is 10.7 Å². The molecule has 152 valence electrons. The van der Waals surface area contributed by atoms with Crippen LogP contribution in [0, 0.1) is 6.92 Å². The largest absolute Gasteiger partial charge is 0.327 e. The predicted molar refractivity (Wildman–Crippen MR) is 112 cm³/mol. The van der Waals surface area contributed by atoms with E-state index in [2.05, 4.69) is 10.2 Å². The van der Waals surface area contributed by atoms with Crippen LogP contribution in [0.25, 0.3) is 11.4 Å². The molecule has 8 heteroatoms. The third kappa shape index (κ3) is 2.53. The van der Waals surface area contributed by atoms with Crippen LogP contribution >= 0.6 is 0 Å². The SMILES string of the molecule is Cc1ccccc1CN1c2nnc(-c3ccccc3)n2C2C1C(=O)N(C)C(=O)N2C. The Hall–Kier alpha value is -3.68. The van der Waals surface area contributed by atoms with Crippen molar-refractivity contribution in [1.82, 2.24) is 24.6 Å². The fraction of sp³-hybridized carbons (Fsp3) is 0.273. The van der Waals surface area contributed by atoms with Gasteiger partial charge >= 0.3 is 6.03 Å². The molecule has 2 atom stereocenters. The van der Waals surface area contributed by atoms with Gasteiger partial charge in [-0.05, 0) is 18.1 Å². The van der Waals surface area contributed by atoms with E-state index in [1.807, 2.05) is 71.0 Å². The van der Waals surface area contributed by atoms with Crippen molar-refractivity contribution in [3.8, 4) is 11.4 Å². The van der Waals surface area contributed by atoms with E-state index in [0.29, 0.717) is 18.3 Å². The normalized spacial score (nSPS) is 20.6. The van der Waals surface area contributed by atoms with Gasteiger partial charge in [0.15, 0.2) is 11.9 Å². The molecule has 1 saturated heterocycles. The first kappa shape index (κ1) is 18.4. The first-order valence-corrected chi connectivity index (χ1v) is 9.85. The number of rotatable bonds is 3. The molecule has 3 aromatic rings. The Kier molecular flexibility index (Phi) is 4.09. The lowest BCUT2D eigenvalue weighted by molar-refractivity contribution is -0.133. The van der Waals surface area contributed by atoms with Gasteiger partial charge in [0.05, 0.1) is 0 Å². The minimum absolute atomic E-state index is 0.235. The molecule has 2 unspecified atom stereocenters. The van der Waals surface area contributed by atoms with E-state index in [4.69, 9.17) is 0 Å². The Morgan fingerprint density at radius 3 is 2.37 bits per heavy atom. The average Bonchev–Trinajstić information content (AvgIpc) is 3.32. The summed E-state index contributed by atoms with van der Waals surface area (Å²) in [5.74, 6) is 1.00. The standard InChI is InChI=1S/C22H22N6O2/c1-14-9-7-8-12-16(14)13-27-17-19(25(2)22(30)26(3)20(17)29)28-18(23-24-21(27)28)15-10-5-4-6-11-15/h4-12,17,19H,13H2,1-3H3. The van der Waals surface area contributed by atoms with Crippen LogP contribution in [0.5, 0.6) is 0 Å². The van der Waals surface area contributed by atoms with Crippen LogP contribution < -0.4 is 4.90 Å². The number of urea groups is 1. The smallest absolute Gasteiger partial charge is 0.321 e. The van der Waals surface area contributed by atoms with Crippen LogP contribution in [-0.2, 0) is 11.3 Å². The molecule has 0 bridgehead atoms. The first-order chi connectivity index (χ1) is 14.5. The number of benzene rings is 2. The summed E-state index contributed by atoms with van der Waals surface area (Å²) in [6.45, 7) is 2.55. The summed E-state index contributed by atoms with van der Waals surface area (Å²) < 4.78 is 1.92. The summed E-state index contributed by atoms with van der Waals surface area (Å²) in [6.07, 6.45) is -0.509. The number of nitrogens with zero attached hydrogens (tertiary/aromatic N) is 6. The summed E-state index contributed by atoms with van der Waals surface area (Å²) in [4.78, 5) is 30.7. The number of carbonyl (C=O) groups is 2. The number of likely N-dealkylation sites (N-methyl/N-ethyl adjacent to an activating group) is 2. The first-order valence-electron chi connectivity index (χ1n) is 9.85. The minimum Gasteiger partial charge on any atom is -0.321 e. The van der Waals surface area contributed by atoms with E-state index in [-0.39, 0.29) is 11.9 Å². The topological polar surface area (TPSA) is 74.6 Å². The lowest BCUT2D eigenvalue weighted by Gasteiger charge is -2.40. The summed E-state index contributed by atoms with van der Waals surface area (Å²) in [5, 5.41) is 8.88. The van der Waals surface area contributed by atoms with Crippen LogP contribution in [0.1, 0.15) is 17.3 Å². The number of aromatic nitrogens is 3. The highest BCUT2D eigenvalue weighted by Crippen LogP contribution is 2.42. The highest BCUT2D eigenvalue weighted by Gasteiger charge is 2.54. The molecular formula is C22H22N6O2. The van der Waals surface area contributed by atoms with Crippen molar-refractivity contribution in [3.05, 3.63) is 65.7 Å². The van der Waals surface area contributed by atoms with Crippen LogP contribution in [0.2, 0.25) is 0 Å². The van der Waals surface area contributed by atoms with Crippen molar-refractivity contribution in [2.24, 2.45) is 0 Å². The lowest BCUT2D eigenvalue weighted by Crippen LogP contribution is -2.61. The van der Waals surface area contributed by atoms with E-state index >= 15 is 0 Å². The zero-order chi connectivity index (χ0) is 21.0. The summed E-state index contributed by atoms with van der Waals surface area (Å²) in [7, 11) is 3.25. The molecular weight excluding hydrogens is 380 g/mol. The van der Waals surface area contributed by atoms with Crippen molar-refractivity contribution >= 4 is 17.9 Å². The molecule has 30 heavy (non-hydrogen) atoms. The minimum atomic E-state index is -0.565. The van der Waals surface area contributed by atoms with Gasteiger partial charge in [0.2, 0.25) is 5.95 Å². The number of aryl methyl sites for hydroxylation is 1. The van der Waals surface area contributed by atoms with Crippen molar-refractivity contribution in [2.75, 3.05) is 19.0 Å². The Morgan fingerprint density at radius 2 is 1.63 bits per heavy atom. The van der Waals surface area contributed by atoms with Crippen molar-refractivity contribution in [2.45, 2.75) is 25.7 Å². The van der Waals surface area contributed by atoms with Crippen LogP contribution in [0.15, 0.2) is 54.6 Å². The number of hydrogen-bond acceptors (Lipinski definition) is 5. The molecule has 2 aliphatic heterocycles. The number of fused-ring (bicyclic) bond motifs is 3. The zero-order valence-electron chi connectivity index (χ0n) is 17.1. The lowest BCUT2D eigenvalue weighted by atomic mass is 10.1. The number of carbonyl (C=O) groups excluding carboxylic acids is 2. The van der Waals surface area contributed by atoms with Crippen LogP contribution in [-0.4, -0.2) is 56.6 Å². The third-order valence-corrected chi connectivity index (χ3v) is 6.02. The second-order valence-electron chi connectivity index (χ2n) is 7.76. The van der Waals surface area contributed by atoms with E-state index < -0.39 is 12.2 Å². The van der Waals surface area contributed by atoms with Gasteiger partial charge in [0.1, 0.15) is 6.17 Å². The molecule has 3 amide bonds. The van der Waals surface area contributed by atoms with E-state index in [1.54, 1.807) is 11.9 Å². The third-order valence-electron chi connectivity index (χ3n) is 6.02. The van der Waals surface area contributed by atoms with Gasteiger partial charge in [-0.15, -0.1) is 10.2 Å². The van der Waals surface area contributed by atoms with Gasteiger partial charge in [-0.2, -0.15) is 0 Å². The summed E-state index contributed by atoms with van der Waals surface area (Å²) in [5.41, 5.74) is 3.13. The maximum atomic E-state index is 13.2. The Morgan fingerprint density at radius 1 is 0.933 bits per heavy atom. The van der Waals surface area contributed by atoms with E-state index in [9.17, 15) is 9.59 Å². The second-order valence-corrected chi connectivity index (χ2v) is 7.76. The fourth-order valence-electron chi connectivity index (χ4n) is 4.36. The monoisotopic (exact) mass is 402 g/mol. The maximum Gasteiger partial charge on any atom is 0.327 e. The molecule has 3 heterocycles. The Bertz CT molecular complexity index is 1140. The second kappa shape index (κ2) is 6.69. The molecule has 0 aliphatic carbocycles. The Balaban J connectivity index is 1.67. The van der Waals surface area contributed by atoms with Gasteiger partial charge in [0, 0.05) is 26.2 Å². The molecule has 1 aromatic heterocycles.